The van der Waals surface area contributed by atoms with Gasteiger partial charge in [-0.05, 0) is 44.0 Å². The zero-order valence-corrected chi connectivity index (χ0v) is 13.9. The van der Waals surface area contributed by atoms with Gasteiger partial charge in [-0.2, -0.15) is 4.31 Å². The minimum atomic E-state index is -3.11. The molecule has 0 saturated carbocycles. The van der Waals surface area contributed by atoms with E-state index in [1.165, 1.54) is 10.6 Å². The van der Waals surface area contributed by atoms with Gasteiger partial charge in [0.05, 0.1) is 19.3 Å². The third kappa shape index (κ3) is 3.12. The number of hydrogen-bond donors (Lipinski definition) is 0. The van der Waals surface area contributed by atoms with Crippen molar-refractivity contribution in [3.63, 3.8) is 0 Å². The first-order chi connectivity index (χ1) is 8.61. The molecule has 0 aliphatic carbocycles. The van der Waals surface area contributed by atoms with Crippen LogP contribution >= 0.6 is 15.9 Å². The molecule has 2 rings (SSSR count). The zero-order chi connectivity index (χ0) is 14.4. The highest BCUT2D eigenvalue weighted by atomic mass is 79.9. The van der Waals surface area contributed by atoms with Crippen molar-refractivity contribution >= 4 is 26.0 Å². The summed E-state index contributed by atoms with van der Waals surface area (Å²) in [5, 5.41) is 0. The predicted octanol–water partition coefficient (Wildman–Crippen LogP) is 2.48. The molecule has 1 heterocycles. The molecule has 0 aromatic heterocycles. The topological polar surface area (TPSA) is 46.6 Å². The summed E-state index contributed by atoms with van der Waals surface area (Å²) in [6.45, 7) is 6.76. The Kier molecular flexibility index (Phi) is 3.70. The molecule has 1 saturated heterocycles. The normalized spacial score (nSPS) is 19.0. The van der Waals surface area contributed by atoms with Crippen LogP contribution in [-0.2, 0) is 10.0 Å². The van der Waals surface area contributed by atoms with E-state index < -0.39 is 15.6 Å². The first kappa shape index (κ1) is 14.8. The monoisotopic (exact) mass is 347 g/mol. The number of rotatable bonds is 3. The van der Waals surface area contributed by atoms with Gasteiger partial charge in [-0.3, -0.25) is 0 Å². The van der Waals surface area contributed by atoms with Crippen molar-refractivity contribution < 1.29 is 13.2 Å². The Hall–Kier alpha value is -0.590. The molecule has 0 unspecified atom stereocenters. The SMILES string of the molecule is Cc1cc(OC2(C)CN(S(C)(=O)=O)C2)cc(C)c1Br. The molecule has 6 heteroatoms. The molecule has 1 fully saturated rings. The Morgan fingerprint density at radius 1 is 1.26 bits per heavy atom. The van der Waals surface area contributed by atoms with Gasteiger partial charge < -0.3 is 4.74 Å². The minimum Gasteiger partial charge on any atom is -0.485 e. The number of hydrogen-bond acceptors (Lipinski definition) is 3. The maximum Gasteiger partial charge on any atom is 0.211 e. The number of sulfonamides is 1. The summed E-state index contributed by atoms with van der Waals surface area (Å²) in [6, 6.07) is 3.93. The second-order valence-electron chi connectivity index (χ2n) is 5.45. The Morgan fingerprint density at radius 2 is 1.74 bits per heavy atom. The van der Waals surface area contributed by atoms with Crippen LogP contribution in [0.25, 0.3) is 0 Å². The van der Waals surface area contributed by atoms with Crippen LogP contribution in [0.2, 0.25) is 0 Å². The average molecular weight is 348 g/mol. The molecular weight excluding hydrogens is 330 g/mol. The van der Waals surface area contributed by atoms with Gasteiger partial charge in [0, 0.05) is 4.47 Å². The van der Waals surface area contributed by atoms with Gasteiger partial charge in [0.25, 0.3) is 0 Å². The second-order valence-corrected chi connectivity index (χ2v) is 8.23. The highest BCUT2D eigenvalue weighted by Crippen LogP contribution is 2.32. The lowest BCUT2D eigenvalue weighted by atomic mass is 9.99. The van der Waals surface area contributed by atoms with Gasteiger partial charge in [-0.25, -0.2) is 8.42 Å². The van der Waals surface area contributed by atoms with Crippen molar-refractivity contribution in [1.82, 2.24) is 4.31 Å². The standard InChI is InChI=1S/C13H18BrNO3S/c1-9-5-11(6-10(2)12(9)14)18-13(3)7-15(8-13)19(4,16)17/h5-6H,7-8H2,1-4H3. The van der Waals surface area contributed by atoms with E-state index in [1.54, 1.807) is 0 Å². The van der Waals surface area contributed by atoms with Crippen LogP contribution in [0.4, 0.5) is 0 Å². The molecule has 1 aromatic carbocycles. The maximum atomic E-state index is 11.4. The fourth-order valence-corrected chi connectivity index (χ4v) is 3.49. The maximum absolute atomic E-state index is 11.4. The van der Waals surface area contributed by atoms with Crippen molar-refractivity contribution in [2.45, 2.75) is 26.4 Å². The summed E-state index contributed by atoms with van der Waals surface area (Å²) in [5.74, 6) is 0.786. The first-order valence-electron chi connectivity index (χ1n) is 6.02. The first-order valence-corrected chi connectivity index (χ1v) is 8.66. The number of ether oxygens (including phenoxy) is 1. The fourth-order valence-electron chi connectivity index (χ4n) is 2.25. The van der Waals surface area contributed by atoms with Gasteiger partial charge in [-0.15, -0.1) is 0 Å². The van der Waals surface area contributed by atoms with Crippen LogP contribution in [0.3, 0.4) is 0 Å². The second kappa shape index (κ2) is 4.75. The highest BCUT2D eigenvalue weighted by Gasteiger charge is 2.45. The summed E-state index contributed by atoms with van der Waals surface area (Å²) < 4.78 is 31.2. The van der Waals surface area contributed by atoms with E-state index in [2.05, 4.69) is 15.9 Å². The third-order valence-electron chi connectivity index (χ3n) is 3.26. The Bertz CT molecular complexity index is 583. The zero-order valence-electron chi connectivity index (χ0n) is 11.5. The predicted molar refractivity (Wildman–Crippen MR) is 79.1 cm³/mol. The number of halogens is 1. The number of aryl methyl sites for hydroxylation is 2. The lowest BCUT2D eigenvalue weighted by molar-refractivity contribution is -0.0194. The Labute approximate surface area is 122 Å². The molecule has 19 heavy (non-hydrogen) atoms. The van der Waals surface area contributed by atoms with E-state index in [-0.39, 0.29) is 0 Å². The molecule has 1 aliphatic rings. The van der Waals surface area contributed by atoms with Crippen LogP contribution in [-0.4, -0.2) is 37.7 Å². The molecule has 0 amide bonds. The van der Waals surface area contributed by atoms with E-state index >= 15 is 0 Å². The lowest BCUT2D eigenvalue weighted by Gasteiger charge is -2.46. The average Bonchev–Trinajstić information content (AvgIpc) is 2.21. The molecule has 106 valence electrons. The van der Waals surface area contributed by atoms with Gasteiger partial charge >= 0.3 is 0 Å². The molecule has 4 nitrogen and oxygen atoms in total. The van der Waals surface area contributed by atoms with Crippen molar-refractivity contribution in [1.29, 1.82) is 0 Å². The van der Waals surface area contributed by atoms with E-state index in [4.69, 9.17) is 4.74 Å². The van der Waals surface area contributed by atoms with Crippen LogP contribution in [0, 0.1) is 13.8 Å². The van der Waals surface area contributed by atoms with Crippen molar-refractivity contribution in [2.24, 2.45) is 0 Å². The van der Waals surface area contributed by atoms with Gasteiger partial charge in [0.1, 0.15) is 11.4 Å². The summed E-state index contributed by atoms with van der Waals surface area (Å²) in [6.07, 6.45) is 1.22. The quantitative estimate of drug-likeness (QED) is 0.843. The summed E-state index contributed by atoms with van der Waals surface area (Å²) in [5.41, 5.74) is 1.78. The van der Waals surface area contributed by atoms with Crippen LogP contribution in [0.15, 0.2) is 16.6 Å². The lowest BCUT2D eigenvalue weighted by Crippen LogP contribution is -2.64. The molecule has 0 radical (unpaired) electrons. The molecule has 0 bridgehead atoms. The molecule has 0 atom stereocenters. The van der Waals surface area contributed by atoms with E-state index in [1.807, 2.05) is 32.9 Å². The van der Waals surface area contributed by atoms with Crippen LogP contribution in [0.1, 0.15) is 18.1 Å². The van der Waals surface area contributed by atoms with Crippen molar-refractivity contribution in [3.05, 3.63) is 27.7 Å². The highest BCUT2D eigenvalue weighted by molar-refractivity contribution is 9.10. The molecule has 1 aromatic rings. The van der Waals surface area contributed by atoms with Crippen LogP contribution in [0.5, 0.6) is 5.75 Å². The van der Waals surface area contributed by atoms with Crippen molar-refractivity contribution in [2.75, 3.05) is 19.3 Å². The van der Waals surface area contributed by atoms with Crippen LogP contribution < -0.4 is 4.74 Å². The third-order valence-corrected chi connectivity index (χ3v) is 5.71. The van der Waals surface area contributed by atoms with E-state index in [9.17, 15) is 8.42 Å². The molecule has 0 spiro atoms. The number of nitrogens with zero attached hydrogens (tertiary/aromatic N) is 1. The summed E-state index contributed by atoms with van der Waals surface area (Å²) in [4.78, 5) is 0. The summed E-state index contributed by atoms with van der Waals surface area (Å²) >= 11 is 3.52. The summed E-state index contributed by atoms with van der Waals surface area (Å²) in [7, 11) is -3.11. The smallest absolute Gasteiger partial charge is 0.211 e. The molecule has 1 aliphatic heterocycles. The van der Waals surface area contributed by atoms with E-state index in [0.29, 0.717) is 13.1 Å². The largest absolute Gasteiger partial charge is 0.485 e. The van der Waals surface area contributed by atoms with Gasteiger partial charge in [-0.1, -0.05) is 15.9 Å². The molecular formula is C13H18BrNO3S. The Morgan fingerprint density at radius 3 is 2.16 bits per heavy atom. The van der Waals surface area contributed by atoms with Crippen molar-refractivity contribution in [3.8, 4) is 5.75 Å². The Balaban J connectivity index is 2.12. The minimum absolute atomic E-state index is 0.403. The molecule has 0 N–H and O–H groups in total. The fraction of sp³-hybridized carbons (Fsp3) is 0.538. The van der Waals surface area contributed by atoms with Gasteiger partial charge in [0.15, 0.2) is 0 Å². The van der Waals surface area contributed by atoms with Gasteiger partial charge in [0.2, 0.25) is 10.0 Å². The number of benzene rings is 1. The van der Waals surface area contributed by atoms with E-state index in [0.717, 1.165) is 21.3 Å².